The third kappa shape index (κ3) is 2.60. The zero-order valence-electron chi connectivity index (χ0n) is 10.4. The van der Waals surface area contributed by atoms with E-state index in [4.69, 9.17) is 4.74 Å². The molecule has 1 aliphatic heterocycles. The number of hydrogen-bond donors (Lipinski definition) is 1. The Morgan fingerprint density at radius 3 is 2.61 bits per heavy atom. The molecule has 0 aliphatic carbocycles. The van der Waals surface area contributed by atoms with Gasteiger partial charge in [-0.2, -0.15) is 4.31 Å². The number of sulfonamides is 1. The van der Waals surface area contributed by atoms with Gasteiger partial charge >= 0.3 is 0 Å². The van der Waals surface area contributed by atoms with E-state index in [0.717, 1.165) is 0 Å². The summed E-state index contributed by atoms with van der Waals surface area (Å²) in [5, 5.41) is 10.9. The van der Waals surface area contributed by atoms with Crippen LogP contribution in [0.25, 0.3) is 0 Å². The third-order valence-electron chi connectivity index (χ3n) is 2.85. The maximum absolute atomic E-state index is 12.5. The van der Waals surface area contributed by atoms with Crippen LogP contribution >= 0.6 is 11.3 Å². The predicted octanol–water partition coefficient (Wildman–Crippen LogP) is 1.04. The second-order valence-electron chi connectivity index (χ2n) is 4.45. The van der Waals surface area contributed by atoms with Gasteiger partial charge in [-0.25, -0.2) is 8.42 Å². The average molecular weight is 291 g/mol. The van der Waals surface area contributed by atoms with Crippen molar-refractivity contribution in [3.05, 3.63) is 16.3 Å². The van der Waals surface area contributed by atoms with Crippen molar-refractivity contribution >= 4 is 21.4 Å². The van der Waals surface area contributed by atoms with Crippen LogP contribution in [-0.4, -0.2) is 43.1 Å². The molecule has 0 unspecified atom stereocenters. The van der Waals surface area contributed by atoms with Gasteiger partial charge in [-0.3, -0.25) is 0 Å². The molecule has 2 atom stereocenters. The fourth-order valence-corrected chi connectivity index (χ4v) is 5.00. The van der Waals surface area contributed by atoms with Crippen LogP contribution in [0.15, 0.2) is 16.3 Å². The second kappa shape index (κ2) is 5.26. The van der Waals surface area contributed by atoms with Crippen molar-refractivity contribution in [2.24, 2.45) is 0 Å². The molecule has 0 radical (unpaired) electrons. The maximum atomic E-state index is 12.5. The van der Waals surface area contributed by atoms with E-state index in [-0.39, 0.29) is 23.7 Å². The predicted molar refractivity (Wildman–Crippen MR) is 69.0 cm³/mol. The first-order valence-electron chi connectivity index (χ1n) is 5.78. The lowest BCUT2D eigenvalue weighted by molar-refractivity contribution is -0.0441. The molecule has 7 heteroatoms. The number of morpholine rings is 1. The number of nitrogens with zero attached hydrogens (tertiary/aromatic N) is 1. The van der Waals surface area contributed by atoms with Crippen LogP contribution in [0.5, 0.6) is 0 Å². The van der Waals surface area contributed by atoms with Gasteiger partial charge in [0, 0.05) is 18.0 Å². The SMILES string of the molecule is C[C@@H]1CN(S(=O)(=O)c2ccsc2CO)C[C@H](C)O1. The molecule has 1 saturated heterocycles. The fourth-order valence-electron chi connectivity index (χ4n) is 2.14. The molecule has 0 amide bonds. The zero-order valence-corrected chi connectivity index (χ0v) is 12.0. The Balaban J connectivity index is 2.31. The summed E-state index contributed by atoms with van der Waals surface area (Å²) in [5.41, 5.74) is 0. The minimum atomic E-state index is -3.52. The lowest BCUT2D eigenvalue weighted by atomic mass is 10.3. The highest BCUT2D eigenvalue weighted by atomic mass is 32.2. The van der Waals surface area contributed by atoms with Crippen molar-refractivity contribution in [3.63, 3.8) is 0 Å². The van der Waals surface area contributed by atoms with E-state index in [1.165, 1.54) is 15.6 Å². The molecule has 18 heavy (non-hydrogen) atoms. The average Bonchev–Trinajstić information content (AvgIpc) is 2.76. The first kappa shape index (κ1) is 14.0. The van der Waals surface area contributed by atoms with Crippen molar-refractivity contribution in [2.45, 2.75) is 37.6 Å². The van der Waals surface area contributed by atoms with Crippen molar-refractivity contribution in [1.29, 1.82) is 0 Å². The highest BCUT2D eigenvalue weighted by molar-refractivity contribution is 7.89. The summed E-state index contributed by atoms with van der Waals surface area (Å²) in [7, 11) is -3.52. The number of rotatable bonds is 3. The molecule has 102 valence electrons. The molecule has 0 bridgehead atoms. The van der Waals surface area contributed by atoms with E-state index in [1.54, 1.807) is 11.4 Å². The van der Waals surface area contributed by atoms with E-state index in [9.17, 15) is 13.5 Å². The Morgan fingerprint density at radius 1 is 1.44 bits per heavy atom. The van der Waals surface area contributed by atoms with Crippen molar-refractivity contribution in [3.8, 4) is 0 Å². The Hall–Kier alpha value is -0.470. The van der Waals surface area contributed by atoms with E-state index in [1.807, 2.05) is 13.8 Å². The number of aliphatic hydroxyl groups is 1. The third-order valence-corrected chi connectivity index (χ3v) is 5.80. The molecule has 2 rings (SSSR count). The number of ether oxygens (including phenoxy) is 1. The first-order chi connectivity index (χ1) is 8.45. The molecule has 1 N–H and O–H groups in total. The van der Waals surface area contributed by atoms with Crippen LogP contribution in [0.3, 0.4) is 0 Å². The van der Waals surface area contributed by atoms with Crippen LogP contribution in [0, 0.1) is 0 Å². The molecule has 1 aromatic rings. The smallest absolute Gasteiger partial charge is 0.244 e. The summed E-state index contributed by atoms with van der Waals surface area (Å²) in [6.45, 7) is 4.18. The lowest BCUT2D eigenvalue weighted by Crippen LogP contribution is -2.48. The minimum absolute atomic E-state index is 0.111. The molecule has 5 nitrogen and oxygen atoms in total. The van der Waals surface area contributed by atoms with Crippen molar-refractivity contribution < 1.29 is 18.3 Å². The van der Waals surface area contributed by atoms with E-state index >= 15 is 0 Å². The van der Waals surface area contributed by atoms with Crippen molar-refractivity contribution in [1.82, 2.24) is 4.31 Å². The molecule has 0 spiro atoms. The summed E-state index contributed by atoms with van der Waals surface area (Å²) in [5.74, 6) is 0. The molecule has 0 aromatic carbocycles. The quantitative estimate of drug-likeness (QED) is 0.903. The van der Waals surface area contributed by atoms with E-state index in [0.29, 0.717) is 18.0 Å². The fraction of sp³-hybridized carbons (Fsp3) is 0.636. The van der Waals surface area contributed by atoms with Gasteiger partial charge in [0.2, 0.25) is 10.0 Å². The van der Waals surface area contributed by atoms with Gasteiger partial charge in [0.1, 0.15) is 0 Å². The largest absolute Gasteiger partial charge is 0.391 e. The van der Waals surface area contributed by atoms with Crippen LogP contribution in [0.4, 0.5) is 0 Å². The molecule has 2 heterocycles. The van der Waals surface area contributed by atoms with Gasteiger partial charge in [-0.1, -0.05) is 0 Å². The summed E-state index contributed by atoms with van der Waals surface area (Å²) < 4.78 is 31.9. The number of aliphatic hydroxyl groups excluding tert-OH is 1. The monoisotopic (exact) mass is 291 g/mol. The highest BCUT2D eigenvalue weighted by Crippen LogP contribution is 2.27. The van der Waals surface area contributed by atoms with Crippen LogP contribution in [0.2, 0.25) is 0 Å². The van der Waals surface area contributed by atoms with E-state index in [2.05, 4.69) is 0 Å². The van der Waals surface area contributed by atoms with Gasteiger partial charge in [-0.15, -0.1) is 11.3 Å². The minimum Gasteiger partial charge on any atom is -0.391 e. The highest BCUT2D eigenvalue weighted by Gasteiger charge is 2.33. The van der Waals surface area contributed by atoms with E-state index < -0.39 is 10.0 Å². The molecule has 1 aliphatic rings. The summed E-state index contributed by atoms with van der Waals surface area (Å²) in [4.78, 5) is 0.707. The maximum Gasteiger partial charge on any atom is 0.244 e. The normalized spacial score (nSPS) is 26.4. The second-order valence-corrected chi connectivity index (χ2v) is 7.35. The molecular formula is C11H17NO4S2. The topological polar surface area (TPSA) is 66.8 Å². The van der Waals surface area contributed by atoms with Gasteiger partial charge in [0.15, 0.2) is 0 Å². The Kier molecular flexibility index (Phi) is 4.08. The standard InChI is InChI=1S/C11H17NO4S2/c1-8-5-12(6-9(2)16-8)18(14,15)11-3-4-17-10(11)7-13/h3-4,8-9,13H,5-7H2,1-2H3/t8-,9+. The van der Waals surface area contributed by atoms with Gasteiger partial charge < -0.3 is 9.84 Å². The number of thiophene rings is 1. The number of hydrogen-bond acceptors (Lipinski definition) is 5. The van der Waals surface area contributed by atoms with Gasteiger partial charge in [0.05, 0.1) is 23.7 Å². The summed E-state index contributed by atoms with van der Waals surface area (Å²) in [6, 6.07) is 1.55. The molecule has 0 saturated carbocycles. The first-order valence-corrected chi connectivity index (χ1v) is 8.10. The summed E-state index contributed by atoms with van der Waals surface area (Å²) in [6.07, 6.45) is -0.223. The van der Waals surface area contributed by atoms with Crippen LogP contribution < -0.4 is 0 Å². The Labute approximate surface area is 111 Å². The Morgan fingerprint density at radius 2 is 2.06 bits per heavy atom. The lowest BCUT2D eigenvalue weighted by Gasteiger charge is -2.34. The Bertz CT molecular complexity index is 501. The van der Waals surface area contributed by atoms with Gasteiger partial charge in [0.25, 0.3) is 0 Å². The summed E-state index contributed by atoms with van der Waals surface area (Å²) >= 11 is 1.25. The molecule has 1 aromatic heterocycles. The van der Waals surface area contributed by atoms with Crippen molar-refractivity contribution in [2.75, 3.05) is 13.1 Å². The molecule has 1 fully saturated rings. The van der Waals surface area contributed by atoms with Crippen LogP contribution in [-0.2, 0) is 21.4 Å². The van der Waals surface area contributed by atoms with Crippen LogP contribution in [0.1, 0.15) is 18.7 Å². The van der Waals surface area contributed by atoms with Gasteiger partial charge in [-0.05, 0) is 25.3 Å². The molecular weight excluding hydrogens is 274 g/mol. The zero-order chi connectivity index (χ0) is 13.3.